The number of H-pyrrole nitrogens is 1. The van der Waals surface area contributed by atoms with Crippen LogP contribution < -0.4 is 16.4 Å². The Morgan fingerprint density at radius 2 is 2.22 bits per heavy atom. The maximum Gasteiger partial charge on any atom is 0.261 e. The fourth-order valence-electron chi connectivity index (χ4n) is 1.65. The standard InChI is InChI=1S/C11H14N4O2S/c1-5(2)7-4-18-10-8(7)9(17)13-11(14-10)15(12)6(3)16/h4-5H,12H2,1-3H3,(H,13,14,17). The molecule has 96 valence electrons. The van der Waals surface area contributed by atoms with Crippen molar-refractivity contribution < 1.29 is 4.79 Å². The van der Waals surface area contributed by atoms with Crippen molar-refractivity contribution >= 4 is 33.4 Å². The molecule has 0 aliphatic heterocycles. The summed E-state index contributed by atoms with van der Waals surface area (Å²) in [7, 11) is 0. The Bertz CT molecular complexity index is 659. The number of carbonyl (C=O) groups is 1. The number of hydrogen-bond donors (Lipinski definition) is 2. The second-order valence-corrected chi connectivity index (χ2v) is 5.16. The Balaban J connectivity index is 2.66. The molecule has 1 amide bonds. The van der Waals surface area contributed by atoms with Gasteiger partial charge in [-0.15, -0.1) is 11.3 Å². The molecule has 3 N–H and O–H groups in total. The predicted molar refractivity (Wildman–Crippen MR) is 71.7 cm³/mol. The van der Waals surface area contributed by atoms with Gasteiger partial charge in [-0.3, -0.25) is 14.6 Å². The summed E-state index contributed by atoms with van der Waals surface area (Å²) in [6.07, 6.45) is 0. The molecule has 2 aromatic heterocycles. The minimum atomic E-state index is -0.391. The van der Waals surface area contributed by atoms with Crippen molar-refractivity contribution in [1.29, 1.82) is 0 Å². The third-order valence-corrected chi connectivity index (χ3v) is 3.54. The second-order valence-electron chi connectivity index (χ2n) is 4.30. The van der Waals surface area contributed by atoms with Gasteiger partial charge in [0.1, 0.15) is 4.83 Å². The van der Waals surface area contributed by atoms with E-state index in [2.05, 4.69) is 9.97 Å². The van der Waals surface area contributed by atoms with Crippen molar-refractivity contribution in [3.05, 3.63) is 21.3 Å². The summed E-state index contributed by atoms with van der Waals surface area (Å²) in [6, 6.07) is 0. The number of aromatic nitrogens is 2. The molecule has 0 bridgehead atoms. The lowest BCUT2D eigenvalue weighted by molar-refractivity contribution is -0.116. The highest BCUT2D eigenvalue weighted by atomic mass is 32.1. The lowest BCUT2D eigenvalue weighted by Crippen LogP contribution is -2.38. The van der Waals surface area contributed by atoms with Gasteiger partial charge in [-0.25, -0.2) is 15.8 Å². The third-order valence-electron chi connectivity index (χ3n) is 2.65. The Morgan fingerprint density at radius 1 is 1.56 bits per heavy atom. The highest BCUT2D eigenvalue weighted by Gasteiger charge is 2.16. The van der Waals surface area contributed by atoms with Crippen LogP contribution >= 0.6 is 11.3 Å². The number of hydrazine groups is 1. The van der Waals surface area contributed by atoms with Crippen molar-refractivity contribution in [2.45, 2.75) is 26.7 Å². The van der Waals surface area contributed by atoms with Gasteiger partial charge in [0, 0.05) is 6.92 Å². The lowest BCUT2D eigenvalue weighted by Gasteiger charge is -2.12. The van der Waals surface area contributed by atoms with Crippen LogP contribution in [0.2, 0.25) is 0 Å². The lowest BCUT2D eigenvalue weighted by atomic mass is 10.0. The van der Waals surface area contributed by atoms with E-state index in [4.69, 9.17) is 5.84 Å². The zero-order valence-corrected chi connectivity index (χ0v) is 11.2. The molecule has 0 spiro atoms. The molecule has 0 atom stereocenters. The van der Waals surface area contributed by atoms with Crippen LogP contribution in [0.25, 0.3) is 10.2 Å². The molecule has 0 aromatic carbocycles. The smallest absolute Gasteiger partial charge is 0.261 e. The summed E-state index contributed by atoms with van der Waals surface area (Å²) < 4.78 is 0. The molecule has 2 rings (SSSR count). The van der Waals surface area contributed by atoms with E-state index in [-0.39, 0.29) is 17.4 Å². The zero-order chi connectivity index (χ0) is 13.4. The molecule has 6 nitrogen and oxygen atoms in total. The molecule has 0 saturated heterocycles. The van der Waals surface area contributed by atoms with Gasteiger partial charge in [0.15, 0.2) is 0 Å². The van der Waals surface area contributed by atoms with E-state index in [0.717, 1.165) is 10.6 Å². The Kier molecular flexibility index (Phi) is 3.18. The van der Waals surface area contributed by atoms with E-state index in [1.54, 1.807) is 0 Å². The van der Waals surface area contributed by atoms with Crippen LogP contribution in [-0.2, 0) is 4.79 Å². The number of rotatable bonds is 2. The van der Waals surface area contributed by atoms with Gasteiger partial charge in [0.05, 0.1) is 5.39 Å². The molecule has 7 heteroatoms. The first-order valence-electron chi connectivity index (χ1n) is 5.48. The largest absolute Gasteiger partial charge is 0.290 e. The van der Waals surface area contributed by atoms with Gasteiger partial charge in [-0.05, 0) is 16.9 Å². The average molecular weight is 266 g/mol. The summed E-state index contributed by atoms with van der Waals surface area (Å²) in [5, 5.41) is 3.32. The average Bonchev–Trinajstić information content (AvgIpc) is 2.72. The second kappa shape index (κ2) is 4.51. The first-order valence-corrected chi connectivity index (χ1v) is 6.36. The number of nitrogens with zero attached hydrogens (tertiary/aromatic N) is 2. The molecule has 18 heavy (non-hydrogen) atoms. The van der Waals surface area contributed by atoms with Crippen LogP contribution in [0.1, 0.15) is 32.3 Å². The van der Waals surface area contributed by atoms with Crippen LogP contribution in [-0.4, -0.2) is 15.9 Å². The number of thiophene rings is 1. The number of nitrogens with two attached hydrogens (primary N) is 1. The number of nitrogens with one attached hydrogen (secondary N) is 1. The maximum atomic E-state index is 12.0. The fourth-order valence-corrected chi connectivity index (χ4v) is 2.74. The summed E-state index contributed by atoms with van der Waals surface area (Å²) in [6.45, 7) is 5.33. The van der Waals surface area contributed by atoms with Crippen molar-refractivity contribution in [2.75, 3.05) is 5.01 Å². The molecule has 0 saturated carbocycles. The van der Waals surface area contributed by atoms with Crippen molar-refractivity contribution in [3.63, 3.8) is 0 Å². The van der Waals surface area contributed by atoms with Crippen LogP contribution in [0.5, 0.6) is 0 Å². The van der Waals surface area contributed by atoms with Crippen molar-refractivity contribution in [3.8, 4) is 0 Å². The summed E-state index contributed by atoms with van der Waals surface area (Å²) in [5.74, 6) is 5.44. The zero-order valence-electron chi connectivity index (χ0n) is 10.4. The molecular weight excluding hydrogens is 252 g/mol. The van der Waals surface area contributed by atoms with Gasteiger partial charge in [-0.1, -0.05) is 13.8 Å². The first kappa shape index (κ1) is 12.7. The maximum absolute atomic E-state index is 12.0. The van der Waals surface area contributed by atoms with Crippen molar-refractivity contribution in [1.82, 2.24) is 9.97 Å². The van der Waals surface area contributed by atoms with Gasteiger partial charge in [0.2, 0.25) is 11.9 Å². The van der Waals surface area contributed by atoms with E-state index >= 15 is 0 Å². The van der Waals surface area contributed by atoms with Gasteiger partial charge >= 0.3 is 0 Å². The molecule has 0 aliphatic rings. The number of hydrogen-bond acceptors (Lipinski definition) is 5. The fraction of sp³-hybridized carbons (Fsp3) is 0.364. The molecule has 0 aliphatic carbocycles. The quantitative estimate of drug-likeness (QED) is 0.487. The molecule has 2 aromatic rings. The molecular formula is C11H14N4O2S. The summed E-state index contributed by atoms with van der Waals surface area (Å²) in [4.78, 5) is 30.5. The minimum Gasteiger partial charge on any atom is -0.290 e. The van der Waals surface area contributed by atoms with Gasteiger partial charge < -0.3 is 0 Å². The molecule has 0 fully saturated rings. The summed E-state index contributed by atoms with van der Waals surface area (Å²) in [5.41, 5.74) is 0.693. The van der Waals surface area contributed by atoms with E-state index < -0.39 is 5.91 Å². The first-order chi connectivity index (χ1) is 8.41. The Labute approximate surface area is 107 Å². The van der Waals surface area contributed by atoms with Crippen LogP contribution in [0.4, 0.5) is 5.95 Å². The SMILES string of the molecule is CC(=O)N(N)c1nc2scc(C(C)C)c2c(=O)[nH]1. The normalized spacial score (nSPS) is 11.2. The molecule has 0 unspecified atom stereocenters. The van der Waals surface area contributed by atoms with Crippen LogP contribution in [0, 0.1) is 0 Å². The highest BCUT2D eigenvalue weighted by Crippen LogP contribution is 2.27. The minimum absolute atomic E-state index is 0.0668. The van der Waals surface area contributed by atoms with E-state index in [1.165, 1.54) is 18.3 Å². The number of amides is 1. The Hall–Kier alpha value is -1.73. The van der Waals surface area contributed by atoms with Crippen molar-refractivity contribution in [2.24, 2.45) is 5.84 Å². The number of carbonyl (C=O) groups excluding carboxylic acids is 1. The molecule has 2 heterocycles. The monoisotopic (exact) mass is 266 g/mol. The number of aromatic amines is 1. The van der Waals surface area contributed by atoms with Crippen LogP contribution in [0.15, 0.2) is 10.2 Å². The highest BCUT2D eigenvalue weighted by molar-refractivity contribution is 7.16. The summed E-state index contributed by atoms with van der Waals surface area (Å²) >= 11 is 1.38. The van der Waals surface area contributed by atoms with E-state index in [9.17, 15) is 9.59 Å². The van der Waals surface area contributed by atoms with Gasteiger partial charge in [0.25, 0.3) is 5.56 Å². The topological polar surface area (TPSA) is 92.1 Å². The molecule has 0 radical (unpaired) electrons. The number of fused-ring (bicyclic) bond motifs is 1. The van der Waals surface area contributed by atoms with Gasteiger partial charge in [-0.2, -0.15) is 0 Å². The predicted octanol–water partition coefficient (Wildman–Crippen LogP) is 1.33. The third kappa shape index (κ3) is 2.02. The van der Waals surface area contributed by atoms with E-state index in [0.29, 0.717) is 10.2 Å². The van der Waals surface area contributed by atoms with E-state index in [1.807, 2.05) is 19.2 Å². The number of anilines is 1. The Morgan fingerprint density at radius 3 is 2.78 bits per heavy atom. The van der Waals surface area contributed by atoms with Crippen LogP contribution in [0.3, 0.4) is 0 Å².